The number of aromatic nitrogens is 2. The van der Waals surface area contributed by atoms with Gasteiger partial charge in [-0.3, -0.25) is 5.32 Å². The van der Waals surface area contributed by atoms with Gasteiger partial charge in [-0.15, -0.1) is 0 Å². The van der Waals surface area contributed by atoms with Gasteiger partial charge in [-0.05, 0) is 39.8 Å². The van der Waals surface area contributed by atoms with Crippen molar-refractivity contribution < 1.29 is 4.79 Å². The SMILES string of the molecule is CC(C)(CN1CCCC1)NC(=O)Nc1nc(-c2ccccc2)ns1. The molecule has 1 aliphatic rings. The van der Waals surface area contributed by atoms with E-state index in [4.69, 9.17) is 0 Å². The van der Waals surface area contributed by atoms with Crippen molar-refractivity contribution in [1.82, 2.24) is 19.6 Å². The van der Waals surface area contributed by atoms with Crippen molar-refractivity contribution in [2.45, 2.75) is 32.2 Å². The molecule has 0 unspecified atom stereocenters. The molecule has 0 radical (unpaired) electrons. The topological polar surface area (TPSA) is 70.2 Å². The van der Waals surface area contributed by atoms with Crippen LogP contribution in [0.5, 0.6) is 0 Å². The zero-order valence-electron chi connectivity index (χ0n) is 14.1. The summed E-state index contributed by atoms with van der Waals surface area (Å²) in [6.07, 6.45) is 2.49. The van der Waals surface area contributed by atoms with Gasteiger partial charge < -0.3 is 10.2 Å². The molecule has 7 heteroatoms. The van der Waals surface area contributed by atoms with Crippen LogP contribution in [-0.2, 0) is 0 Å². The van der Waals surface area contributed by atoms with Crippen LogP contribution in [0.3, 0.4) is 0 Å². The maximum Gasteiger partial charge on any atom is 0.321 e. The van der Waals surface area contributed by atoms with Crippen molar-refractivity contribution in [2.24, 2.45) is 0 Å². The first-order chi connectivity index (χ1) is 11.5. The second kappa shape index (κ2) is 7.27. The lowest BCUT2D eigenvalue weighted by molar-refractivity contribution is 0.218. The summed E-state index contributed by atoms with van der Waals surface area (Å²) in [4.78, 5) is 19.0. The molecule has 0 saturated carbocycles. The van der Waals surface area contributed by atoms with E-state index in [-0.39, 0.29) is 11.6 Å². The minimum Gasteiger partial charge on any atom is -0.332 e. The summed E-state index contributed by atoms with van der Waals surface area (Å²) in [5, 5.41) is 6.32. The van der Waals surface area contributed by atoms with Gasteiger partial charge in [-0.1, -0.05) is 30.3 Å². The highest BCUT2D eigenvalue weighted by Gasteiger charge is 2.25. The molecule has 2 N–H and O–H groups in total. The number of carbonyl (C=O) groups excluding carboxylic acids is 1. The van der Waals surface area contributed by atoms with Crippen LogP contribution in [0.2, 0.25) is 0 Å². The van der Waals surface area contributed by atoms with E-state index in [9.17, 15) is 4.79 Å². The molecule has 0 aliphatic carbocycles. The average Bonchev–Trinajstić information content (AvgIpc) is 3.19. The normalized spacial score (nSPS) is 15.4. The Hall–Kier alpha value is -1.99. The molecule has 1 fully saturated rings. The molecule has 3 rings (SSSR count). The highest BCUT2D eigenvalue weighted by molar-refractivity contribution is 7.10. The smallest absolute Gasteiger partial charge is 0.321 e. The number of hydrogen-bond acceptors (Lipinski definition) is 5. The van der Waals surface area contributed by atoms with Gasteiger partial charge in [0.25, 0.3) is 0 Å². The Morgan fingerprint density at radius 3 is 2.67 bits per heavy atom. The Balaban J connectivity index is 1.56. The summed E-state index contributed by atoms with van der Waals surface area (Å²) in [5.74, 6) is 0.632. The molecular formula is C17H23N5OS. The van der Waals surface area contributed by atoms with E-state index in [1.165, 1.54) is 24.4 Å². The third-order valence-corrected chi connectivity index (χ3v) is 4.58. The predicted octanol–water partition coefficient (Wildman–Crippen LogP) is 3.20. The molecule has 6 nitrogen and oxygen atoms in total. The van der Waals surface area contributed by atoms with E-state index in [0.29, 0.717) is 11.0 Å². The molecule has 128 valence electrons. The van der Waals surface area contributed by atoms with Crippen LogP contribution in [-0.4, -0.2) is 45.5 Å². The number of nitrogens with one attached hydrogen (secondary N) is 2. The summed E-state index contributed by atoms with van der Waals surface area (Å²) in [6, 6.07) is 9.49. The molecule has 0 spiro atoms. The van der Waals surface area contributed by atoms with E-state index in [0.717, 1.165) is 25.2 Å². The van der Waals surface area contributed by atoms with Crippen LogP contribution >= 0.6 is 11.5 Å². The fourth-order valence-corrected chi connectivity index (χ4v) is 3.54. The van der Waals surface area contributed by atoms with Gasteiger partial charge >= 0.3 is 6.03 Å². The molecule has 24 heavy (non-hydrogen) atoms. The van der Waals surface area contributed by atoms with E-state index in [1.54, 1.807) is 0 Å². The summed E-state index contributed by atoms with van der Waals surface area (Å²) in [5.41, 5.74) is 0.651. The van der Waals surface area contributed by atoms with Gasteiger partial charge in [0.2, 0.25) is 5.13 Å². The summed E-state index contributed by atoms with van der Waals surface area (Å²) in [6.45, 7) is 7.17. The van der Waals surface area contributed by atoms with Crippen molar-refractivity contribution in [1.29, 1.82) is 0 Å². The molecule has 1 aromatic carbocycles. The standard InChI is InChI=1S/C17H23N5OS/c1-17(2,12-22-10-6-7-11-22)20-15(23)19-16-18-14(21-24-16)13-8-4-3-5-9-13/h3-5,8-9H,6-7,10-12H2,1-2H3,(H2,18,19,20,21,23). The van der Waals surface area contributed by atoms with Gasteiger partial charge in [-0.2, -0.15) is 9.36 Å². The number of nitrogens with zero attached hydrogens (tertiary/aromatic N) is 3. The maximum absolute atomic E-state index is 12.2. The van der Waals surface area contributed by atoms with Gasteiger partial charge in [0.05, 0.1) is 0 Å². The van der Waals surface area contributed by atoms with Gasteiger partial charge in [0.1, 0.15) is 0 Å². The number of rotatable bonds is 5. The minimum absolute atomic E-state index is 0.241. The average molecular weight is 345 g/mol. The Morgan fingerprint density at radius 2 is 1.96 bits per heavy atom. The van der Waals surface area contributed by atoms with E-state index < -0.39 is 0 Å². The minimum atomic E-state index is -0.290. The third kappa shape index (κ3) is 4.52. The summed E-state index contributed by atoms with van der Waals surface area (Å²) in [7, 11) is 0. The Morgan fingerprint density at radius 1 is 1.25 bits per heavy atom. The molecule has 1 aliphatic heterocycles. The first-order valence-electron chi connectivity index (χ1n) is 8.22. The maximum atomic E-state index is 12.2. The second-order valence-electron chi connectivity index (χ2n) is 6.74. The molecule has 1 aromatic heterocycles. The van der Waals surface area contributed by atoms with Crippen LogP contribution in [0.25, 0.3) is 11.4 Å². The van der Waals surface area contributed by atoms with E-state index in [2.05, 4.69) is 24.9 Å². The number of likely N-dealkylation sites (tertiary alicyclic amines) is 1. The van der Waals surface area contributed by atoms with Crippen LogP contribution in [0, 0.1) is 0 Å². The first kappa shape index (κ1) is 16.9. The van der Waals surface area contributed by atoms with Gasteiger partial charge in [0.15, 0.2) is 5.82 Å². The number of anilines is 1. The highest BCUT2D eigenvalue weighted by Crippen LogP contribution is 2.20. The number of urea groups is 1. The van der Waals surface area contributed by atoms with E-state index in [1.807, 2.05) is 44.2 Å². The van der Waals surface area contributed by atoms with Crippen molar-refractivity contribution >= 4 is 22.7 Å². The third-order valence-electron chi connectivity index (χ3n) is 3.95. The number of benzene rings is 1. The Labute approximate surface area is 146 Å². The monoisotopic (exact) mass is 345 g/mol. The van der Waals surface area contributed by atoms with E-state index >= 15 is 0 Å². The van der Waals surface area contributed by atoms with Crippen molar-refractivity contribution in [3.63, 3.8) is 0 Å². The number of carbonyl (C=O) groups is 1. The first-order valence-corrected chi connectivity index (χ1v) is 9.00. The summed E-state index contributed by atoms with van der Waals surface area (Å²) < 4.78 is 4.30. The predicted molar refractivity (Wildman–Crippen MR) is 97.3 cm³/mol. The van der Waals surface area contributed by atoms with Gasteiger partial charge in [-0.25, -0.2) is 4.79 Å². The van der Waals surface area contributed by atoms with Crippen LogP contribution in [0.1, 0.15) is 26.7 Å². The molecule has 2 heterocycles. The molecule has 2 aromatic rings. The van der Waals surface area contributed by atoms with Crippen molar-refractivity contribution in [2.75, 3.05) is 25.0 Å². The van der Waals surface area contributed by atoms with Crippen molar-refractivity contribution in [3.8, 4) is 11.4 Å². The summed E-state index contributed by atoms with van der Waals surface area (Å²) >= 11 is 1.19. The second-order valence-corrected chi connectivity index (χ2v) is 7.49. The number of hydrogen-bond donors (Lipinski definition) is 2. The quantitative estimate of drug-likeness (QED) is 0.873. The lowest BCUT2D eigenvalue weighted by atomic mass is 10.1. The molecule has 0 atom stereocenters. The van der Waals surface area contributed by atoms with Crippen molar-refractivity contribution in [3.05, 3.63) is 30.3 Å². The van der Waals surface area contributed by atoms with Crippen LogP contribution in [0.15, 0.2) is 30.3 Å². The molecule has 1 saturated heterocycles. The fraction of sp³-hybridized carbons (Fsp3) is 0.471. The zero-order chi connectivity index (χ0) is 17.0. The fourth-order valence-electron chi connectivity index (χ4n) is 2.95. The highest BCUT2D eigenvalue weighted by atomic mass is 32.1. The molecular weight excluding hydrogens is 322 g/mol. The lowest BCUT2D eigenvalue weighted by Crippen LogP contribution is -2.52. The number of amides is 2. The molecule has 0 bridgehead atoms. The van der Waals surface area contributed by atoms with Crippen LogP contribution < -0.4 is 10.6 Å². The Bertz CT molecular complexity index is 679. The van der Waals surface area contributed by atoms with Crippen LogP contribution in [0.4, 0.5) is 9.93 Å². The molecule has 2 amide bonds. The Kier molecular flexibility index (Phi) is 5.11. The van der Waals surface area contributed by atoms with Gasteiger partial charge in [0, 0.05) is 29.2 Å². The largest absolute Gasteiger partial charge is 0.332 e. The zero-order valence-corrected chi connectivity index (χ0v) is 14.9. The lowest BCUT2D eigenvalue weighted by Gasteiger charge is -2.30.